The van der Waals surface area contributed by atoms with Gasteiger partial charge in [0.15, 0.2) is 0 Å². The first-order valence-corrected chi connectivity index (χ1v) is 6.00. The van der Waals surface area contributed by atoms with Crippen molar-refractivity contribution in [2.24, 2.45) is 0 Å². The van der Waals surface area contributed by atoms with Crippen LogP contribution in [0.1, 0.15) is 32.1 Å². The maximum Gasteiger partial charge on any atom is 0.249 e. The summed E-state index contributed by atoms with van der Waals surface area (Å²) in [5.41, 5.74) is 0. The van der Waals surface area contributed by atoms with Gasteiger partial charge in [-0.15, -0.1) is 0 Å². The molecular formula is C11H20N2O2. The van der Waals surface area contributed by atoms with Gasteiger partial charge in [0.2, 0.25) is 5.91 Å². The smallest absolute Gasteiger partial charge is 0.249 e. The number of hydrogen-bond donors (Lipinski definition) is 2. The molecule has 0 aromatic carbocycles. The lowest BCUT2D eigenvalue weighted by Crippen LogP contribution is -2.42. The summed E-state index contributed by atoms with van der Waals surface area (Å²) in [6.45, 7) is 2.78. The average Bonchev–Trinajstić information content (AvgIpc) is 2.46. The molecule has 0 bridgehead atoms. The van der Waals surface area contributed by atoms with Crippen molar-refractivity contribution in [3.8, 4) is 0 Å². The lowest BCUT2D eigenvalue weighted by Gasteiger charge is -2.26. The highest BCUT2D eigenvalue weighted by Gasteiger charge is 2.25. The molecule has 2 aliphatic rings. The molecule has 2 heterocycles. The van der Waals surface area contributed by atoms with Crippen molar-refractivity contribution < 1.29 is 9.53 Å². The Hall–Kier alpha value is -0.610. The van der Waals surface area contributed by atoms with E-state index in [4.69, 9.17) is 4.74 Å². The standard InChI is InChI=1S/C11H20N2O2/c14-11-10(5-1-2-7-13-11)15-9-4-3-6-12-8-9/h9-10,12H,1-8H2,(H,13,14)/t9-,10?/m0/s1. The van der Waals surface area contributed by atoms with E-state index >= 15 is 0 Å². The molecule has 0 spiro atoms. The molecule has 2 aliphatic heterocycles. The van der Waals surface area contributed by atoms with Crippen molar-refractivity contribution in [1.82, 2.24) is 10.6 Å². The molecule has 4 nitrogen and oxygen atoms in total. The lowest BCUT2D eigenvalue weighted by atomic mass is 10.1. The predicted octanol–water partition coefficient (Wildman–Crippen LogP) is 0.424. The van der Waals surface area contributed by atoms with Crippen molar-refractivity contribution in [2.45, 2.75) is 44.3 Å². The van der Waals surface area contributed by atoms with Gasteiger partial charge >= 0.3 is 0 Å². The Labute approximate surface area is 90.8 Å². The molecule has 0 radical (unpaired) electrons. The van der Waals surface area contributed by atoms with Crippen LogP contribution in [0.3, 0.4) is 0 Å². The monoisotopic (exact) mass is 212 g/mol. The zero-order valence-electron chi connectivity index (χ0n) is 9.13. The maximum atomic E-state index is 11.6. The summed E-state index contributed by atoms with van der Waals surface area (Å²) < 4.78 is 5.85. The van der Waals surface area contributed by atoms with Crippen molar-refractivity contribution in [3.05, 3.63) is 0 Å². The van der Waals surface area contributed by atoms with Crippen LogP contribution in [-0.4, -0.2) is 37.7 Å². The summed E-state index contributed by atoms with van der Waals surface area (Å²) in [7, 11) is 0. The van der Waals surface area contributed by atoms with Crippen molar-refractivity contribution in [1.29, 1.82) is 0 Å². The van der Waals surface area contributed by atoms with Gasteiger partial charge in [-0.1, -0.05) is 0 Å². The van der Waals surface area contributed by atoms with E-state index in [1.54, 1.807) is 0 Å². The van der Waals surface area contributed by atoms with Crippen molar-refractivity contribution in [3.63, 3.8) is 0 Å². The summed E-state index contributed by atoms with van der Waals surface area (Å²) in [6, 6.07) is 0. The second-order valence-electron chi connectivity index (χ2n) is 4.38. The molecule has 2 fully saturated rings. The van der Waals surface area contributed by atoms with Crippen LogP contribution in [0, 0.1) is 0 Å². The lowest BCUT2D eigenvalue weighted by molar-refractivity contribution is -0.137. The Morgan fingerprint density at radius 2 is 2.07 bits per heavy atom. The molecule has 86 valence electrons. The van der Waals surface area contributed by atoms with E-state index in [9.17, 15) is 4.79 Å². The van der Waals surface area contributed by atoms with E-state index in [-0.39, 0.29) is 18.1 Å². The third kappa shape index (κ3) is 3.18. The van der Waals surface area contributed by atoms with Crippen LogP contribution in [0.2, 0.25) is 0 Å². The number of amides is 1. The number of rotatable bonds is 2. The maximum absolute atomic E-state index is 11.6. The topological polar surface area (TPSA) is 50.4 Å². The van der Waals surface area contributed by atoms with Gasteiger partial charge in [0, 0.05) is 13.1 Å². The fourth-order valence-corrected chi connectivity index (χ4v) is 2.21. The van der Waals surface area contributed by atoms with Gasteiger partial charge in [-0.25, -0.2) is 0 Å². The molecule has 2 rings (SSSR count). The normalized spacial score (nSPS) is 33.2. The first-order chi connectivity index (χ1) is 7.36. The second-order valence-corrected chi connectivity index (χ2v) is 4.38. The van der Waals surface area contributed by atoms with Crippen LogP contribution < -0.4 is 10.6 Å². The van der Waals surface area contributed by atoms with E-state index < -0.39 is 0 Å². The highest BCUT2D eigenvalue weighted by Crippen LogP contribution is 2.14. The van der Waals surface area contributed by atoms with E-state index in [1.165, 1.54) is 0 Å². The molecule has 0 saturated carbocycles. The minimum Gasteiger partial charge on any atom is -0.364 e. The number of carbonyl (C=O) groups excluding carboxylic acids is 1. The first-order valence-electron chi connectivity index (χ1n) is 6.00. The molecule has 0 aromatic rings. The van der Waals surface area contributed by atoms with Crippen LogP contribution in [-0.2, 0) is 9.53 Å². The van der Waals surface area contributed by atoms with E-state index in [2.05, 4.69) is 10.6 Å². The minimum absolute atomic E-state index is 0.0815. The largest absolute Gasteiger partial charge is 0.364 e. The summed E-state index contributed by atoms with van der Waals surface area (Å²) in [5.74, 6) is 0.0815. The molecule has 0 aliphatic carbocycles. The van der Waals surface area contributed by atoms with Crippen LogP contribution in [0.4, 0.5) is 0 Å². The van der Waals surface area contributed by atoms with Gasteiger partial charge in [0.25, 0.3) is 0 Å². The van der Waals surface area contributed by atoms with Gasteiger partial charge in [0.1, 0.15) is 6.10 Å². The fourth-order valence-electron chi connectivity index (χ4n) is 2.21. The van der Waals surface area contributed by atoms with E-state index in [0.29, 0.717) is 0 Å². The molecule has 0 aromatic heterocycles. The third-order valence-electron chi connectivity index (χ3n) is 3.09. The third-order valence-corrected chi connectivity index (χ3v) is 3.09. The quantitative estimate of drug-likeness (QED) is 0.697. The van der Waals surface area contributed by atoms with Gasteiger partial charge in [-0.05, 0) is 38.6 Å². The van der Waals surface area contributed by atoms with Crippen LogP contribution in [0.25, 0.3) is 0 Å². The number of piperidine rings is 1. The summed E-state index contributed by atoms with van der Waals surface area (Å²) in [5, 5.41) is 6.20. The first kappa shape index (κ1) is 10.9. The molecule has 2 saturated heterocycles. The SMILES string of the molecule is O=C1NCCCCC1O[C@H]1CCCNC1. The van der Waals surface area contributed by atoms with Gasteiger partial charge in [-0.3, -0.25) is 4.79 Å². The Bertz CT molecular complexity index is 215. The van der Waals surface area contributed by atoms with Crippen molar-refractivity contribution in [2.75, 3.05) is 19.6 Å². The van der Waals surface area contributed by atoms with Crippen LogP contribution >= 0.6 is 0 Å². The van der Waals surface area contributed by atoms with Crippen LogP contribution in [0.5, 0.6) is 0 Å². The van der Waals surface area contributed by atoms with Gasteiger partial charge in [-0.2, -0.15) is 0 Å². The zero-order valence-corrected chi connectivity index (χ0v) is 9.13. The summed E-state index contributed by atoms with van der Waals surface area (Å²) in [6.07, 6.45) is 5.29. The van der Waals surface area contributed by atoms with E-state index in [0.717, 1.165) is 51.7 Å². The average molecular weight is 212 g/mol. The summed E-state index contributed by atoms with van der Waals surface area (Å²) >= 11 is 0. The molecular weight excluding hydrogens is 192 g/mol. The Kier molecular flexibility index (Phi) is 3.97. The highest BCUT2D eigenvalue weighted by atomic mass is 16.5. The molecule has 1 unspecified atom stereocenters. The molecule has 4 heteroatoms. The second kappa shape index (κ2) is 5.47. The number of hydrogen-bond acceptors (Lipinski definition) is 3. The summed E-state index contributed by atoms with van der Waals surface area (Å²) in [4.78, 5) is 11.6. The predicted molar refractivity (Wildman–Crippen MR) is 57.6 cm³/mol. The Balaban J connectivity index is 1.82. The Morgan fingerprint density at radius 3 is 2.87 bits per heavy atom. The van der Waals surface area contributed by atoms with Crippen LogP contribution in [0.15, 0.2) is 0 Å². The van der Waals surface area contributed by atoms with Gasteiger partial charge in [0.05, 0.1) is 6.10 Å². The molecule has 2 atom stereocenters. The molecule has 15 heavy (non-hydrogen) atoms. The Morgan fingerprint density at radius 1 is 1.13 bits per heavy atom. The minimum atomic E-state index is -0.211. The number of carbonyl (C=O) groups is 1. The van der Waals surface area contributed by atoms with E-state index in [1.807, 2.05) is 0 Å². The zero-order chi connectivity index (χ0) is 10.5. The van der Waals surface area contributed by atoms with Gasteiger partial charge < -0.3 is 15.4 Å². The number of ether oxygens (including phenoxy) is 1. The fraction of sp³-hybridized carbons (Fsp3) is 0.909. The number of nitrogens with one attached hydrogen (secondary N) is 2. The van der Waals surface area contributed by atoms with Crippen molar-refractivity contribution >= 4 is 5.91 Å². The molecule has 1 amide bonds. The molecule has 2 N–H and O–H groups in total. The highest BCUT2D eigenvalue weighted by molar-refractivity contribution is 5.80.